The van der Waals surface area contributed by atoms with Crippen molar-refractivity contribution < 1.29 is 4.74 Å². The van der Waals surface area contributed by atoms with Crippen molar-refractivity contribution in [1.29, 1.82) is 0 Å². The standard InChI is InChI=1S/C14H15NO.H2S/c15-11-14(12-7-3-1-4-8-12)16-13-9-5-2-6-10-13;/h1-10,14H,11,15H2;1H2. The lowest BCUT2D eigenvalue weighted by Gasteiger charge is -2.17. The van der Waals surface area contributed by atoms with Gasteiger partial charge in [-0.3, -0.25) is 0 Å². The average Bonchev–Trinajstić information content (AvgIpc) is 2.38. The van der Waals surface area contributed by atoms with Crippen molar-refractivity contribution in [2.75, 3.05) is 6.54 Å². The van der Waals surface area contributed by atoms with Gasteiger partial charge in [0.05, 0.1) is 0 Å². The molecule has 0 spiro atoms. The number of para-hydroxylation sites is 1. The highest BCUT2D eigenvalue weighted by Gasteiger charge is 2.10. The number of rotatable bonds is 4. The van der Waals surface area contributed by atoms with Crippen LogP contribution in [-0.4, -0.2) is 6.54 Å². The second-order valence-electron chi connectivity index (χ2n) is 3.57. The van der Waals surface area contributed by atoms with Gasteiger partial charge in [-0.15, -0.1) is 0 Å². The molecule has 0 aliphatic heterocycles. The van der Waals surface area contributed by atoms with Crippen LogP contribution in [-0.2, 0) is 0 Å². The van der Waals surface area contributed by atoms with Crippen LogP contribution in [0.2, 0.25) is 0 Å². The summed E-state index contributed by atoms with van der Waals surface area (Å²) < 4.78 is 5.82. The molecule has 0 aliphatic carbocycles. The average molecular weight is 247 g/mol. The molecule has 2 nitrogen and oxygen atoms in total. The second-order valence-corrected chi connectivity index (χ2v) is 3.57. The molecular formula is C14H17NOS. The highest BCUT2D eigenvalue weighted by Crippen LogP contribution is 2.20. The summed E-state index contributed by atoms with van der Waals surface area (Å²) in [6.07, 6.45) is -0.0800. The topological polar surface area (TPSA) is 35.2 Å². The molecule has 0 amide bonds. The molecule has 3 heteroatoms. The molecule has 2 aromatic carbocycles. The minimum atomic E-state index is -0.0800. The number of hydrogen-bond donors (Lipinski definition) is 1. The van der Waals surface area contributed by atoms with E-state index in [-0.39, 0.29) is 19.6 Å². The van der Waals surface area contributed by atoms with Crippen LogP contribution >= 0.6 is 13.5 Å². The zero-order chi connectivity index (χ0) is 11.2. The summed E-state index contributed by atoms with van der Waals surface area (Å²) >= 11 is 0. The Balaban J connectivity index is 0.00000144. The van der Waals surface area contributed by atoms with E-state index in [2.05, 4.69) is 0 Å². The highest BCUT2D eigenvalue weighted by atomic mass is 32.1. The Labute approximate surface area is 109 Å². The summed E-state index contributed by atoms with van der Waals surface area (Å²) in [6, 6.07) is 19.8. The molecule has 1 unspecified atom stereocenters. The van der Waals surface area contributed by atoms with Crippen LogP contribution in [0.3, 0.4) is 0 Å². The quantitative estimate of drug-likeness (QED) is 0.901. The van der Waals surface area contributed by atoms with Crippen molar-refractivity contribution >= 4 is 13.5 Å². The monoisotopic (exact) mass is 247 g/mol. The van der Waals surface area contributed by atoms with Crippen molar-refractivity contribution in [3.63, 3.8) is 0 Å². The van der Waals surface area contributed by atoms with Gasteiger partial charge in [-0.05, 0) is 17.7 Å². The molecule has 2 aromatic rings. The van der Waals surface area contributed by atoms with E-state index in [0.29, 0.717) is 6.54 Å². The third-order valence-corrected chi connectivity index (χ3v) is 2.41. The Morgan fingerprint density at radius 1 is 0.882 bits per heavy atom. The van der Waals surface area contributed by atoms with E-state index in [1.54, 1.807) is 0 Å². The number of nitrogens with two attached hydrogens (primary N) is 1. The zero-order valence-corrected chi connectivity index (χ0v) is 10.5. The maximum Gasteiger partial charge on any atom is 0.136 e. The van der Waals surface area contributed by atoms with Gasteiger partial charge in [-0.2, -0.15) is 13.5 Å². The second kappa shape index (κ2) is 6.99. The van der Waals surface area contributed by atoms with E-state index in [9.17, 15) is 0 Å². The SMILES string of the molecule is NCC(Oc1ccccc1)c1ccccc1.S. The molecule has 2 rings (SSSR count). The number of ether oxygens (including phenoxy) is 1. The van der Waals surface area contributed by atoms with Gasteiger partial charge in [0.25, 0.3) is 0 Å². The van der Waals surface area contributed by atoms with Crippen molar-refractivity contribution in [1.82, 2.24) is 0 Å². The van der Waals surface area contributed by atoms with E-state index < -0.39 is 0 Å². The lowest BCUT2D eigenvalue weighted by Crippen LogP contribution is -2.18. The van der Waals surface area contributed by atoms with Crippen LogP contribution in [0.1, 0.15) is 11.7 Å². The molecular weight excluding hydrogens is 230 g/mol. The van der Waals surface area contributed by atoms with Crippen LogP contribution in [0.5, 0.6) is 5.75 Å². The molecule has 0 aromatic heterocycles. The van der Waals surface area contributed by atoms with Gasteiger partial charge in [-0.25, -0.2) is 0 Å². The smallest absolute Gasteiger partial charge is 0.136 e. The maximum absolute atomic E-state index is 5.82. The molecule has 0 radical (unpaired) electrons. The first-order chi connectivity index (χ1) is 7.90. The van der Waals surface area contributed by atoms with Crippen LogP contribution < -0.4 is 10.5 Å². The first-order valence-electron chi connectivity index (χ1n) is 5.37. The number of benzene rings is 2. The van der Waals surface area contributed by atoms with Gasteiger partial charge in [0, 0.05) is 6.54 Å². The fourth-order valence-electron chi connectivity index (χ4n) is 1.58. The predicted molar refractivity (Wildman–Crippen MR) is 75.7 cm³/mol. The van der Waals surface area contributed by atoms with Gasteiger partial charge in [-0.1, -0.05) is 48.5 Å². The minimum absolute atomic E-state index is 0. The summed E-state index contributed by atoms with van der Waals surface area (Å²) in [5.41, 5.74) is 6.83. The Bertz CT molecular complexity index is 419. The van der Waals surface area contributed by atoms with Crippen molar-refractivity contribution in [2.24, 2.45) is 5.73 Å². The minimum Gasteiger partial charge on any atom is -0.484 e. The molecule has 0 saturated heterocycles. The number of hydrogen-bond acceptors (Lipinski definition) is 2. The fraction of sp³-hybridized carbons (Fsp3) is 0.143. The Morgan fingerprint density at radius 2 is 1.41 bits per heavy atom. The van der Waals surface area contributed by atoms with Gasteiger partial charge in [0.1, 0.15) is 11.9 Å². The Morgan fingerprint density at radius 3 is 1.94 bits per heavy atom. The van der Waals surface area contributed by atoms with Crippen molar-refractivity contribution in [3.8, 4) is 5.75 Å². The Hall–Kier alpha value is -1.45. The molecule has 1 atom stereocenters. The molecule has 0 bridgehead atoms. The Kier molecular flexibility index (Phi) is 5.60. The van der Waals surface area contributed by atoms with Crippen LogP contribution in [0.4, 0.5) is 0 Å². The van der Waals surface area contributed by atoms with E-state index in [1.807, 2.05) is 60.7 Å². The van der Waals surface area contributed by atoms with E-state index in [0.717, 1.165) is 11.3 Å². The van der Waals surface area contributed by atoms with Crippen molar-refractivity contribution in [3.05, 3.63) is 66.2 Å². The summed E-state index contributed by atoms with van der Waals surface area (Å²) in [6.45, 7) is 0.471. The largest absolute Gasteiger partial charge is 0.484 e. The third kappa shape index (κ3) is 3.80. The molecule has 0 saturated carbocycles. The van der Waals surface area contributed by atoms with Gasteiger partial charge >= 0.3 is 0 Å². The van der Waals surface area contributed by atoms with Gasteiger partial charge in [0.15, 0.2) is 0 Å². The zero-order valence-electron chi connectivity index (χ0n) is 9.54. The summed E-state index contributed by atoms with van der Waals surface area (Å²) in [7, 11) is 0. The molecule has 90 valence electrons. The van der Waals surface area contributed by atoms with Gasteiger partial charge < -0.3 is 10.5 Å². The third-order valence-electron chi connectivity index (χ3n) is 2.41. The molecule has 0 aliphatic rings. The summed E-state index contributed by atoms with van der Waals surface area (Å²) in [4.78, 5) is 0. The predicted octanol–water partition coefficient (Wildman–Crippen LogP) is 2.88. The lowest BCUT2D eigenvalue weighted by atomic mass is 10.1. The lowest BCUT2D eigenvalue weighted by molar-refractivity contribution is 0.214. The highest BCUT2D eigenvalue weighted by molar-refractivity contribution is 7.59. The first kappa shape index (κ1) is 13.6. The van der Waals surface area contributed by atoms with E-state index in [4.69, 9.17) is 10.5 Å². The first-order valence-corrected chi connectivity index (χ1v) is 5.37. The van der Waals surface area contributed by atoms with Crippen LogP contribution in [0, 0.1) is 0 Å². The summed E-state index contributed by atoms with van der Waals surface area (Å²) in [5, 5.41) is 0. The van der Waals surface area contributed by atoms with E-state index >= 15 is 0 Å². The molecule has 2 N–H and O–H groups in total. The fourth-order valence-corrected chi connectivity index (χ4v) is 1.58. The van der Waals surface area contributed by atoms with Crippen molar-refractivity contribution in [2.45, 2.75) is 6.10 Å². The normalized spacial score (nSPS) is 11.4. The van der Waals surface area contributed by atoms with Gasteiger partial charge in [0.2, 0.25) is 0 Å². The molecule has 0 heterocycles. The van der Waals surface area contributed by atoms with E-state index in [1.165, 1.54) is 0 Å². The summed E-state index contributed by atoms with van der Waals surface area (Å²) in [5.74, 6) is 0.849. The molecule has 0 fully saturated rings. The van der Waals surface area contributed by atoms with Crippen LogP contribution in [0.15, 0.2) is 60.7 Å². The molecule has 17 heavy (non-hydrogen) atoms. The van der Waals surface area contributed by atoms with Crippen LogP contribution in [0.25, 0.3) is 0 Å². The maximum atomic E-state index is 5.82.